The summed E-state index contributed by atoms with van der Waals surface area (Å²) in [5.41, 5.74) is 5.49. The fourth-order valence-electron chi connectivity index (χ4n) is 3.02. The highest BCUT2D eigenvalue weighted by atomic mass is 15.0. The number of aryl methyl sites for hydroxylation is 2. The van der Waals surface area contributed by atoms with Gasteiger partial charge in [0.1, 0.15) is 0 Å². The molecule has 0 spiro atoms. The van der Waals surface area contributed by atoms with Crippen LogP contribution in [0.2, 0.25) is 0 Å². The summed E-state index contributed by atoms with van der Waals surface area (Å²) in [4.78, 5) is 0. The molecule has 0 radical (unpaired) electrons. The minimum Gasteiger partial charge on any atom is -0.337 e. The molecular formula is C17H19N. The third-order valence-corrected chi connectivity index (χ3v) is 3.76. The van der Waals surface area contributed by atoms with Crippen LogP contribution in [-0.2, 0) is 0 Å². The van der Waals surface area contributed by atoms with E-state index in [2.05, 4.69) is 68.7 Å². The van der Waals surface area contributed by atoms with E-state index in [0.717, 1.165) is 0 Å². The van der Waals surface area contributed by atoms with Crippen LogP contribution in [0.1, 0.15) is 31.0 Å². The first-order valence-electron chi connectivity index (χ1n) is 6.60. The normalized spacial score (nSPS) is 11.8. The maximum absolute atomic E-state index is 2.48. The van der Waals surface area contributed by atoms with Crippen molar-refractivity contribution in [3.8, 4) is 0 Å². The highest BCUT2D eigenvalue weighted by Crippen LogP contribution is 2.34. The molecule has 0 N–H and O–H groups in total. The molecule has 0 bridgehead atoms. The van der Waals surface area contributed by atoms with E-state index < -0.39 is 0 Å². The highest BCUT2D eigenvalue weighted by molar-refractivity contribution is 6.10. The highest BCUT2D eigenvalue weighted by Gasteiger charge is 2.15. The molecule has 1 heterocycles. The summed E-state index contributed by atoms with van der Waals surface area (Å²) in [5, 5.41) is 2.75. The number of aromatic nitrogens is 1. The second-order valence-electron chi connectivity index (χ2n) is 5.41. The zero-order valence-electron chi connectivity index (χ0n) is 11.5. The van der Waals surface area contributed by atoms with Crippen LogP contribution in [0.3, 0.4) is 0 Å². The summed E-state index contributed by atoms with van der Waals surface area (Å²) >= 11 is 0. The van der Waals surface area contributed by atoms with E-state index in [1.165, 1.54) is 32.9 Å². The van der Waals surface area contributed by atoms with Gasteiger partial charge in [0, 0.05) is 16.8 Å². The molecular weight excluding hydrogens is 218 g/mol. The van der Waals surface area contributed by atoms with Crippen LogP contribution in [-0.4, -0.2) is 4.57 Å². The first-order valence-corrected chi connectivity index (χ1v) is 6.60. The van der Waals surface area contributed by atoms with Gasteiger partial charge in [-0.25, -0.2) is 0 Å². The standard InChI is InChI=1S/C17H19N/c1-11(2)18-16-12(3)7-5-9-14(16)15-10-6-8-13(4)17(15)18/h5-11H,1-4H3. The summed E-state index contributed by atoms with van der Waals surface area (Å²) in [6, 6.07) is 13.7. The lowest BCUT2D eigenvalue weighted by Crippen LogP contribution is -2.02. The average molecular weight is 237 g/mol. The van der Waals surface area contributed by atoms with Gasteiger partial charge in [0.05, 0.1) is 11.0 Å². The van der Waals surface area contributed by atoms with Gasteiger partial charge in [-0.15, -0.1) is 0 Å². The molecule has 3 aromatic rings. The Morgan fingerprint density at radius 3 is 1.61 bits per heavy atom. The van der Waals surface area contributed by atoms with Crippen LogP contribution >= 0.6 is 0 Å². The third-order valence-electron chi connectivity index (χ3n) is 3.76. The third kappa shape index (κ3) is 1.40. The predicted octanol–water partition coefficient (Wildman–Crippen LogP) is 4.99. The van der Waals surface area contributed by atoms with Crippen LogP contribution in [0.15, 0.2) is 36.4 Å². The molecule has 0 amide bonds. The Morgan fingerprint density at radius 2 is 1.22 bits per heavy atom. The van der Waals surface area contributed by atoms with Crippen molar-refractivity contribution in [1.29, 1.82) is 0 Å². The second kappa shape index (κ2) is 3.88. The van der Waals surface area contributed by atoms with Crippen molar-refractivity contribution in [1.82, 2.24) is 4.57 Å². The molecule has 0 aliphatic rings. The van der Waals surface area contributed by atoms with Gasteiger partial charge in [-0.3, -0.25) is 0 Å². The van der Waals surface area contributed by atoms with Gasteiger partial charge in [0.15, 0.2) is 0 Å². The Labute approximate surface area is 108 Å². The number of hydrogen-bond acceptors (Lipinski definition) is 0. The van der Waals surface area contributed by atoms with Crippen molar-refractivity contribution in [2.24, 2.45) is 0 Å². The predicted molar refractivity (Wildman–Crippen MR) is 79.3 cm³/mol. The average Bonchev–Trinajstić information content (AvgIpc) is 2.67. The van der Waals surface area contributed by atoms with Gasteiger partial charge in [0.2, 0.25) is 0 Å². The van der Waals surface area contributed by atoms with E-state index in [9.17, 15) is 0 Å². The molecule has 0 aliphatic carbocycles. The Morgan fingerprint density at radius 1 is 0.778 bits per heavy atom. The first-order chi connectivity index (χ1) is 8.61. The van der Waals surface area contributed by atoms with Gasteiger partial charge < -0.3 is 4.57 Å². The molecule has 18 heavy (non-hydrogen) atoms. The van der Waals surface area contributed by atoms with Gasteiger partial charge in [-0.2, -0.15) is 0 Å². The zero-order chi connectivity index (χ0) is 12.9. The van der Waals surface area contributed by atoms with Crippen LogP contribution in [0, 0.1) is 13.8 Å². The monoisotopic (exact) mass is 237 g/mol. The van der Waals surface area contributed by atoms with Gasteiger partial charge in [0.25, 0.3) is 0 Å². The summed E-state index contributed by atoms with van der Waals surface area (Å²) in [7, 11) is 0. The van der Waals surface area contributed by atoms with Crippen LogP contribution < -0.4 is 0 Å². The molecule has 0 saturated carbocycles. The minimum atomic E-state index is 0.479. The summed E-state index contributed by atoms with van der Waals surface area (Å²) < 4.78 is 2.48. The van der Waals surface area contributed by atoms with E-state index in [4.69, 9.17) is 0 Å². The molecule has 0 atom stereocenters. The molecule has 1 aromatic heterocycles. The smallest absolute Gasteiger partial charge is 0.0523 e. The lowest BCUT2D eigenvalue weighted by Gasteiger charge is -2.14. The zero-order valence-corrected chi connectivity index (χ0v) is 11.5. The number of nitrogens with zero attached hydrogens (tertiary/aromatic N) is 1. The molecule has 1 heteroatoms. The Balaban J connectivity index is 2.66. The molecule has 92 valence electrons. The van der Waals surface area contributed by atoms with Crippen LogP contribution in [0.25, 0.3) is 21.8 Å². The number of rotatable bonds is 1. The van der Waals surface area contributed by atoms with Crippen molar-refractivity contribution in [3.05, 3.63) is 47.5 Å². The number of para-hydroxylation sites is 2. The van der Waals surface area contributed by atoms with Gasteiger partial charge in [-0.1, -0.05) is 36.4 Å². The van der Waals surface area contributed by atoms with E-state index >= 15 is 0 Å². The summed E-state index contributed by atoms with van der Waals surface area (Å²) in [6.07, 6.45) is 0. The molecule has 0 unspecified atom stereocenters. The molecule has 2 aromatic carbocycles. The maximum atomic E-state index is 2.48. The second-order valence-corrected chi connectivity index (χ2v) is 5.41. The lowest BCUT2D eigenvalue weighted by molar-refractivity contribution is 0.640. The fourth-order valence-corrected chi connectivity index (χ4v) is 3.02. The van der Waals surface area contributed by atoms with Crippen LogP contribution in [0.5, 0.6) is 0 Å². The number of hydrogen-bond donors (Lipinski definition) is 0. The molecule has 0 saturated heterocycles. The Kier molecular flexibility index (Phi) is 2.44. The van der Waals surface area contributed by atoms with Gasteiger partial charge >= 0.3 is 0 Å². The van der Waals surface area contributed by atoms with Crippen molar-refractivity contribution < 1.29 is 0 Å². The molecule has 1 nitrogen and oxygen atoms in total. The van der Waals surface area contributed by atoms with Crippen LogP contribution in [0.4, 0.5) is 0 Å². The topological polar surface area (TPSA) is 4.93 Å². The Bertz CT molecular complexity index is 673. The van der Waals surface area contributed by atoms with Crippen molar-refractivity contribution in [2.75, 3.05) is 0 Å². The van der Waals surface area contributed by atoms with Crippen molar-refractivity contribution >= 4 is 21.8 Å². The molecule has 3 rings (SSSR count). The van der Waals surface area contributed by atoms with E-state index in [1.54, 1.807) is 0 Å². The Hall–Kier alpha value is -1.76. The number of fused-ring (bicyclic) bond motifs is 3. The van der Waals surface area contributed by atoms with Gasteiger partial charge in [-0.05, 0) is 38.8 Å². The quantitative estimate of drug-likeness (QED) is 0.561. The van der Waals surface area contributed by atoms with E-state index in [-0.39, 0.29) is 0 Å². The lowest BCUT2D eigenvalue weighted by atomic mass is 10.1. The molecule has 0 fully saturated rings. The van der Waals surface area contributed by atoms with Crippen molar-refractivity contribution in [3.63, 3.8) is 0 Å². The van der Waals surface area contributed by atoms with Crippen molar-refractivity contribution in [2.45, 2.75) is 33.7 Å². The number of benzene rings is 2. The molecule has 0 aliphatic heterocycles. The minimum absolute atomic E-state index is 0.479. The largest absolute Gasteiger partial charge is 0.337 e. The first kappa shape index (κ1) is 11.3. The summed E-state index contributed by atoms with van der Waals surface area (Å²) in [6.45, 7) is 8.93. The van der Waals surface area contributed by atoms with E-state index in [1.807, 2.05) is 0 Å². The fraction of sp³-hybridized carbons (Fsp3) is 0.294. The maximum Gasteiger partial charge on any atom is 0.0523 e. The SMILES string of the molecule is Cc1cccc2c3cccc(C)c3n(C(C)C)c12. The van der Waals surface area contributed by atoms with E-state index in [0.29, 0.717) is 6.04 Å². The summed E-state index contributed by atoms with van der Waals surface area (Å²) in [5.74, 6) is 0.